The van der Waals surface area contributed by atoms with E-state index >= 15 is 0 Å². The topological polar surface area (TPSA) is 58.4 Å². The molecule has 2 atom stereocenters. The minimum atomic E-state index is 0.693. The van der Waals surface area contributed by atoms with Crippen LogP contribution in [0, 0.1) is 18.8 Å². The number of piperidine rings is 1. The van der Waals surface area contributed by atoms with Gasteiger partial charge in [-0.3, -0.25) is 0 Å². The third kappa shape index (κ3) is 3.43. The summed E-state index contributed by atoms with van der Waals surface area (Å²) >= 11 is 0. The fourth-order valence-electron chi connectivity index (χ4n) is 3.76. The number of hydrogen-bond donors (Lipinski definition) is 1. The van der Waals surface area contributed by atoms with Crippen LogP contribution in [0.3, 0.4) is 0 Å². The normalized spacial score (nSPS) is 20.8. The van der Waals surface area contributed by atoms with Crippen molar-refractivity contribution in [1.29, 1.82) is 0 Å². The van der Waals surface area contributed by atoms with Crippen molar-refractivity contribution in [2.45, 2.75) is 27.2 Å². The van der Waals surface area contributed by atoms with E-state index in [0.29, 0.717) is 11.8 Å². The van der Waals surface area contributed by atoms with Crippen molar-refractivity contribution in [2.24, 2.45) is 11.8 Å². The van der Waals surface area contributed by atoms with Gasteiger partial charge < -0.3 is 14.6 Å². The molecule has 3 aromatic rings. The SMILES string of the molecule is Cc1nc(Nc2ccn3ccnc3c2)cc(N2CC(C)CC(C)C2)n1. The van der Waals surface area contributed by atoms with E-state index in [1.807, 2.05) is 41.9 Å². The van der Waals surface area contributed by atoms with Gasteiger partial charge in [-0.1, -0.05) is 13.8 Å². The fourth-order valence-corrected chi connectivity index (χ4v) is 3.76. The highest BCUT2D eigenvalue weighted by Crippen LogP contribution is 2.27. The van der Waals surface area contributed by atoms with Gasteiger partial charge in [-0.2, -0.15) is 0 Å². The Kier molecular flexibility index (Phi) is 4.03. The van der Waals surface area contributed by atoms with Crippen LogP contribution in [0.5, 0.6) is 0 Å². The highest BCUT2D eigenvalue weighted by molar-refractivity contribution is 5.63. The first-order valence-corrected chi connectivity index (χ1v) is 8.87. The highest BCUT2D eigenvalue weighted by atomic mass is 15.2. The Morgan fingerprint density at radius 3 is 2.68 bits per heavy atom. The Bertz CT molecular complexity index is 877. The molecule has 0 radical (unpaired) electrons. The predicted octanol–water partition coefficient (Wildman–Crippen LogP) is 3.66. The van der Waals surface area contributed by atoms with Gasteiger partial charge in [0.05, 0.1) is 0 Å². The first-order chi connectivity index (χ1) is 12.1. The maximum Gasteiger partial charge on any atom is 0.138 e. The van der Waals surface area contributed by atoms with Crippen LogP contribution in [-0.2, 0) is 0 Å². The molecule has 130 valence electrons. The zero-order valence-corrected chi connectivity index (χ0v) is 15.0. The molecule has 1 aliphatic heterocycles. The summed E-state index contributed by atoms with van der Waals surface area (Å²) in [6.45, 7) is 8.69. The number of rotatable bonds is 3. The Hall–Kier alpha value is -2.63. The van der Waals surface area contributed by atoms with Crippen LogP contribution < -0.4 is 10.2 Å². The van der Waals surface area contributed by atoms with E-state index in [1.165, 1.54) is 6.42 Å². The largest absolute Gasteiger partial charge is 0.356 e. The Morgan fingerprint density at radius 1 is 1.08 bits per heavy atom. The van der Waals surface area contributed by atoms with E-state index in [1.54, 1.807) is 6.20 Å². The van der Waals surface area contributed by atoms with Crippen LogP contribution in [-0.4, -0.2) is 32.4 Å². The lowest BCUT2D eigenvalue weighted by atomic mass is 9.92. The van der Waals surface area contributed by atoms with Gasteiger partial charge >= 0.3 is 0 Å². The van der Waals surface area contributed by atoms with Crippen molar-refractivity contribution in [3.63, 3.8) is 0 Å². The molecule has 1 fully saturated rings. The van der Waals surface area contributed by atoms with Crippen LogP contribution in [0.2, 0.25) is 0 Å². The molecule has 0 spiro atoms. The van der Waals surface area contributed by atoms with Crippen molar-refractivity contribution in [3.8, 4) is 0 Å². The molecule has 3 aromatic heterocycles. The van der Waals surface area contributed by atoms with Crippen molar-refractivity contribution >= 4 is 23.0 Å². The highest BCUT2D eigenvalue weighted by Gasteiger charge is 2.23. The van der Waals surface area contributed by atoms with Crippen LogP contribution >= 0.6 is 0 Å². The lowest BCUT2D eigenvalue weighted by Crippen LogP contribution is -2.39. The maximum absolute atomic E-state index is 4.67. The average molecular weight is 336 g/mol. The number of hydrogen-bond acceptors (Lipinski definition) is 5. The molecule has 0 bridgehead atoms. The van der Waals surface area contributed by atoms with Crippen LogP contribution in [0.25, 0.3) is 5.65 Å². The summed E-state index contributed by atoms with van der Waals surface area (Å²) in [7, 11) is 0. The maximum atomic E-state index is 4.67. The third-order valence-corrected chi connectivity index (χ3v) is 4.69. The lowest BCUT2D eigenvalue weighted by Gasteiger charge is -2.36. The number of aryl methyl sites for hydroxylation is 1. The molecule has 0 saturated carbocycles. The summed E-state index contributed by atoms with van der Waals surface area (Å²) in [5.74, 6) is 4.00. The van der Waals surface area contributed by atoms with Gasteiger partial charge in [-0.25, -0.2) is 15.0 Å². The number of pyridine rings is 1. The van der Waals surface area contributed by atoms with E-state index in [9.17, 15) is 0 Å². The summed E-state index contributed by atoms with van der Waals surface area (Å²) in [5.41, 5.74) is 1.89. The minimum Gasteiger partial charge on any atom is -0.356 e. The van der Waals surface area contributed by atoms with Crippen LogP contribution in [0.1, 0.15) is 26.1 Å². The minimum absolute atomic E-state index is 0.693. The van der Waals surface area contributed by atoms with Gasteiger partial charge in [0.25, 0.3) is 0 Å². The molecular formula is C19H24N6. The summed E-state index contributed by atoms with van der Waals surface area (Å²) in [6.07, 6.45) is 7.01. The number of fused-ring (bicyclic) bond motifs is 1. The quantitative estimate of drug-likeness (QED) is 0.791. The number of imidazole rings is 1. The molecule has 2 unspecified atom stereocenters. The van der Waals surface area contributed by atoms with E-state index in [4.69, 9.17) is 0 Å². The molecule has 4 rings (SSSR count). The molecule has 0 amide bonds. The van der Waals surface area contributed by atoms with Gasteiger partial charge in [0.1, 0.15) is 23.1 Å². The van der Waals surface area contributed by atoms with E-state index in [2.05, 4.69) is 39.0 Å². The summed E-state index contributed by atoms with van der Waals surface area (Å²) in [4.78, 5) is 15.9. The van der Waals surface area contributed by atoms with Gasteiger partial charge in [0, 0.05) is 49.5 Å². The smallest absolute Gasteiger partial charge is 0.138 e. The summed E-state index contributed by atoms with van der Waals surface area (Å²) in [5, 5.41) is 3.40. The van der Waals surface area contributed by atoms with Gasteiger partial charge in [-0.05, 0) is 31.2 Å². The van der Waals surface area contributed by atoms with Crippen molar-refractivity contribution in [2.75, 3.05) is 23.3 Å². The number of nitrogens with one attached hydrogen (secondary N) is 1. The zero-order valence-electron chi connectivity index (χ0n) is 15.0. The second kappa shape index (κ2) is 6.35. The van der Waals surface area contributed by atoms with E-state index in [0.717, 1.165) is 41.9 Å². The van der Waals surface area contributed by atoms with Gasteiger partial charge in [0.15, 0.2) is 0 Å². The number of aromatic nitrogens is 4. The first-order valence-electron chi connectivity index (χ1n) is 8.87. The van der Waals surface area contributed by atoms with Crippen LogP contribution in [0.4, 0.5) is 17.3 Å². The van der Waals surface area contributed by atoms with E-state index < -0.39 is 0 Å². The van der Waals surface area contributed by atoms with Crippen LogP contribution in [0.15, 0.2) is 36.8 Å². The second-order valence-electron chi connectivity index (χ2n) is 7.24. The summed E-state index contributed by atoms with van der Waals surface area (Å²) in [6, 6.07) is 6.09. The lowest BCUT2D eigenvalue weighted by molar-refractivity contribution is 0.355. The molecule has 6 heteroatoms. The Labute approximate surface area is 147 Å². The number of nitrogens with zero attached hydrogens (tertiary/aromatic N) is 5. The van der Waals surface area contributed by atoms with Gasteiger partial charge in [0.2, 0.25) is 0 Å². The molecule has 0 aliphatic carbocycles. The first kappa shape index (κ1) is 15.9. The fraction of sp³-hybridized carbons (Fsp3) is 0.421. The molecule has 0 aromatic carbocycles. The average Bonchev–Trinajstić information content (AvgIpc) is 3.01. The Morgan fingerprint density at radius 2 is 1.88 bits per heavy atom. The Balaban J connectivity index is 1.60. The third-order valence-electron chi connectivity index (χ3n) is 4.69. The zero-order chi connectivity index (χ0) is 17.4. The van der Waals surface area contributed by atoms with E-state index in [-0.39, 0.29) is 0 Å². The molecule has 1 N–H and O–H groups in total. The molecule has 4 heterocycles. The van der Waals surface area contributed by atoms with Crippen molar-refractivity contribution in [3.05, 3.63) is 42.6 Å². The van der Waals surface area contributed by atoms with Crippen molar-refractivity contribution < 1.29 is 0 Å². The standard InChI is InChI=1S/C19H24N6/c1-13-8-14(2)12-25(11-13)19-10-17(21-15(3)22-19)23-16-4-6-24-7-5-20-18(24)9-16/h4-7,9-10,13-14H,8,11-12H2,1-3H3,(H,21,22,23). The number of anilines is 3. The molecular weight excluding hydrogens is 312 g/mol. The monoisotopic (exact) mass is 336 g/mol. The molecule has 6 nitrogen and oxygen atoms in total. The molecule has 1 aliphatic rings. The molecule has 25 heavy (non-hydrogen) atoms. The van der Waals surface area contributed by atoms with Crippen molar-refractivity contribution in [1.82, 2.24) is 19.4 Å². The molecule has 1 saturated heterocycles. The van der Waals surface area contributed by atoms with Gasteiger partial charge in [-0.15, -0.1) is 0 Å². The second-order valence-corrected chi connectivity index (χ2v) is 7.24. The predicted molar refractivity (Wildman–Crippen MR) is 100 cm³/mol. The summed E-state index contributed by atoms with van der Waals surface area (Å²) < 4.78 is 1.98.